The molecular formula is C41H61NO7Si. The Morgan fingerprint density at radius 1 is 0.960 bits per heavy atom. The minimum atomic E-state index is -2.06. The van der Waals surface area contributed by atoms with Gasteiger partial charge in [-0.05, 0) is 88.1 Å². The first kappa shape index (κ1) is 39.8. The molecular weight excluding hydrogens is 647 g/mol. The van der Waals surface area contributed by atoms with Crippen molar-refractivity contribution in [3.8, 4) is 0 Å². The lowest BCUT2D eigenvalue weighted by atomic mass is 9.84. The first-order valence-electron chi connectivity index (χ1n) is 18.3. The van der Waals surface area contributed by atoms with Gasteiger partial charge < -0.3 is 29.1 Å². The monoisotopic (exact) mass is 707 g/mol. The third kappa shape index (κ3) is 10.5. The number of carbonyl (C=O) groups excluding carboxylic acids is 2. The van der Waals surface area contributed by atoms with Crippen molar-refractivity contribution in [3.05, 3.63) is 83.6 Å². The molecule has 2 aliphatic heterocycles. The second-order valence-corrected chi connectivity index (χ2v) is 21.6. The molecule has 2 aromatic rings. The summed E-state index contributed by atoms with van der Waals surface area (Å²) in [5, 5.41) is 0.0609. The van der Waals surface area contributed by atoms with Crippen molar-refractivity contribution >= 4 is 20.3 Å². The van der Waals surface area contributed by atoms with Gasteiger partial charge in [-0.25, -0.2) is 4.79 Å². The third-order valence-corrected chi connectivity index (χ3v) is 15.1. The lowest BCUT2D eigenvalue weighted by molar-refractivity contribution is -0.183. The average Bonchev–Trinajstić information content (AvgIpc) is 3.42. The number of ether oxygens (including phenoxy) is 4. The normalized spacial score (nSPS) is 23.7. The Kier molecular flexibility index (Phi) is 13.2. The van der Waals surface area contributed by atoms with E-state index in [0.717, 1.165) is 43.2 Å². The Balaban J connectivity index is 1.42. The Morgan fingerprint density at radius 2 is 1.56 bits per heavy atom. The van der Waals surface area contributed by atoms with Gasteiger partial charge in [-0.1, -0.05) is 88.4 Å². The fourth-order valence-electron chi connectivity index (χ4n) is 6.38. The Hall–Kier alpha value is -2.98. The molecule has 2 saturated heterocycles. The zero-order valence-corrected chi connectivity index (χ0v) is 32.8. The van der Waals surface area contributed by atoms with Crippen LogP contribution in [-0.2, 0) is 33.0 Å². The van der Waals surface area contributed by atoms with Crippen LogP contribution in [0.5, 0.6) is 0 Å². The summed E-state index contributed by atoms with van der Waals surface area (Å²) < 4.78 is 32.0. The molecule has 0 saturated carbocycles. The van der Waals surface area contributed by atoms with Gasteiger partial charge in [-0.3, -0.25) is 4.79 Å². The van der Waals surface area contributed by atoms with E-state index in [9.17, 15) is 9.59 Å². The minimum Gasteiger partial charge on any atom is -0.465 e. The smallest absolute Gasteiger partial charge is 0.333 e. The van der Waals surface area contributed by atoms with Crippen LogP contribution < -0.4 is 5.73 Å². The van der Waals surface area contributed by atoms with Gasteiger partial charge in [-0.2, -0.15) is 0 Å². The lowest BCUT2D eigenvalue weighted by Gasteiger charge is -2.45. The summed E-state index contributed by atoms with van der Waals surface area (Å²) in [5.74, 6) is -0.770. The van der Waals surface area contributed by atoms with E-state index in [4.69, 9.17) is 29.1 Å². The number of carbonyl (C=O) groups is 2. The van der Waals surface area contributed by atoms with Crippen LogP contribution in [0.25, 0.3) is 0 Å². The fraction of sp³-hybridized carbons (Fsp3) is 0.610. The number of allylic oxidation sites excluding steroid dienone is 1. The molecule has 2 N–H and O–H groups in total. The molecule has 2 heterocycles. The molecule has 0 bridgehead atoms. The molecule has 0 aliphatic carbocycles. The second-order valence-electron chi connectivity index (χ2n) is 16.8. The number of hydrogen-bond acceptors (Lipinski definition) is 8. The van der Waals surface area contributed by atoms with Crippen LogP contribution in [0.1, 0.15) is 104 Å². The third-order valence-electron chi connectivity index (χ3n) is 10.6. The first-order valence-corrected chi connectivity index (χ1v) is 21.2. The topological polar surface area (TPSA) is 106 Å². The van der Waals surface area contributed by atoms with E-state index in [1.807, 2.05) is 88.4 Å². The molecule has 4 rings (SSSR count). The molecule has 50 heavy (non-hydrogen) atoms. The summed E-state index contributed by atoms with van der Waals surface area (Å²) in [6.45, 7) is 19.8. The summed E-state index contributed by atoms with van der Waals surface area (Å²) >= 11 is 0. The van der Waals surface area contributed by atoms with Crippen molar-refractivity contribution in [2.24, 2.45) is 17.1 Å². The predicted molar refractivity (Wildman–Crippen MR) is 200 cm³/mol. The van der Waals surface area contributed by atoms with Gasteiger partial charge in [0, 0.05) is 18.2 Å². The summed E-state index contributed by atoms with van der Waals surface area (Å²) in [5.41, 5.74) is 7.73. The van der Waals surface area contributed by atoms with Gasteiger partial charge in [0.1, 0.15) is 5.60 Å². The van der Waals surface area contributed by atoms with Crippen molar-refractivity contribution in [1.82, 2.24) is 0 Å². The van der Waals surface area contributed by atoms with Crippen LogP contribution in [-0.4, -0.2) is 57.4 Å². The second kappa shape index (κ2) is 16.6. The Bertz CT molecular complexity index is 1390. The summed E-state index contributed by atoms with van der Waals surface area (Å²) in [6.07, 6.45) is 5.33. The number of rotatable bonds is 14. The maximum Gasteiger partial charge on any atom is 0.333 e. The Labute approximate surface area is 301 Å². The zero-order chi connectivity index (χ0) is 36.7. The average molecular weight is 708 g/mol. The number of benzene rings is 2. The van der Waals surface area contributed by atoms with Gasteiger partial charge in [-0.15, -0.1) is 0 Å². The van der Waals surface area contributed by atoms with Crippen molar-refractivity contribution in [1.29, 1.82) is 0 Å². The van der Waals surface area contributed by atoms with E-state index >= 15 is 0 Å². The highest BCUT2D eigenvalue weighted by Gasteiger charge is 2.54. The van der Waals surface area contributed by atoms with Crippen LogP contribution in [0, 0.1) is 11.3 Å². The maximum absolute atomic E-state index is 13.2. The summed E-state index contributed by atoms with van der Waals surface area (Å²) in [7, 11) is -2.06. The van der Waals surface area contributed by atoms with Gasteiger partial charge >= 0.3 is 11.9 Å². The van der Waals surface area contributed by atoms with E-state index in [1.165, 1.54) is 6.08 Å². The molecule has 9 heteroatoms. The van der Waals surface area contributed by atoms with Crippen molar-refractivity contribution in [3.63, 3.8) is 0 Å². The lowest BCUT2D eigenvalue weighted by Crippen LogP contribution is -2.55. The fourth-order valence-corrected chi connectivity index (χ4v) is 7.42. The molecule has 2 aromatic carbocycles. The maximum atomic E-state index is 13.2. The standard InChI is InChI=1S/C41H61NO7Si/c1-29(34(42)26-36(43)48-37(30-17-12-10-13-18-30)31-19-14-11-15-20-31)25-32-22-23-35-41(49-32,28-46-50(8,9)40(5,6)7)27-33(47-35)21-16-24-45-38(44)39(2,3)4/h10-15,17-20,26,29,32-33,35,37H,16,21-25,27-28,42H2,1-9H3/b34-26-/t29-,32-,33+,35+,41-/m1/s1. The quantitative estimate of drug-likeness (QED) is 0.0900. The molecule has 0 amide bonds. The number of nitrogens with two attached hydrogens (primary N) is 1. The van der Waals surface area contributed by atoms with Crippen molar-refractivity contribution in [2.45, 2.75) is 135 Å². The summed E-state index contributed by atoms with van der Waals surface area (Å²) in [6, 6.07) is 19.5. The van der Waals surface area contributed by atoms with Crippen LogP contribution >= 0.6 is 0 Å². The van der Waals surface area contributed by atoms with Crippen LogP contribution in [0.15, 0.2) is 72.4 Å². The number of esters is 2. The highest BCUT2D eigenvalue weighted by molar-refractivity contribution is 6.74. The summed E-state index contributed by atoms with van der Waals surface area (Å²) in [4.78, 5) is 25.5. The molecule has 0 radical (unpaired) electrons. The van der Waals surface area contributed by atoms with Gasteiger partial charge in [0.2, 0.25) is 0 Å². The number of hydrogen-bond donors (Lipinski definition) is 1. The number of fused-ring (bicyclic) bond motifs is 1. The molecule has 0 unspecified atom stereocenters. The molecule has 0 aromatic heterocycles. The van der Waals surface area contributed by atoms with Crippen LogP contribution in [0.4, 0.5) is 0 Å². The van der Waals surface area contributed by atoms with Crippen LogP contribution in [0.3, 0.4) is 0 Å². The van der Waals surface area contributed by atoms with E-state index in [1.54, 1.807) is 0 Å². The van der Waals surface area contributed by atoms with Gasteiger partial charge in [0.05, 0.1) is 36.9 Å². The molecule has 276 valence electrons. The van der Waals surface area contributed by atoms with E-state index in [2.05, 4.69) is 33.9 Å². The minimum absolute atomic E-state index is 0.00515. The highest BCUT2D eigenvalue weighted by Crippen LogP contribution is 2.46. The van der Waals surface area contributed by atoms with Crippen molar-refractivity contribution < 1.29 is 33.0 Å². The van der Waals surface area contributed by atoms with Gasteiger partial charge in [0.25, 0.3) is 0 Å². The van der Waals surface area contributed by atoms with E-state index in [-0.39, 0.29) is 35.2 Å². The van der Waals surface area contributed by atoms with Gasteiger partial charge in [0.15, 0.2) is 14.4 Å². The molecule has 8 nitrogen and oxygen atoms in total. The largest absolute Gasteiger partial charge is 0.465 e. The molecule has 0 spiro atoms. The zero-order valence-electron chi connectivity index (χ0n) is 31.8. The van der Waals surface area contributed by atoms with Crippen LogP contribution in [0.2, 0.25) is 18.1 Å². The first-order chi connectivity index (χ1) is 23.4. The van der Waals surface area contributed by atoms with E-state index < -0.39 is 31.4 Å². The molecule has 2 fully saturated rings. The Morgan fingerprint density at radius 3 is 2.12 bits per heavy atom. The highest BCUT2D eigenvalue weighted by atomic mass is 28.4. The van der Waals surface area contributed by atoms with Crippen molar-refractivity contribution in [2.75, 3.05) is 13.2 Å². The van der Waals surface area contributed by atoms with E-state index in [0.29, 0.717) is 25.3 Å². The predicted octanol–water partition coefficient (Wildman–Crippen LogP) is 8.65. The molecule has 2 aliphatic rings. The SMILES string of the molecule is C[C@H](C[C@H]1CC[C@@H]2O[C@@H](CCCOC(=O)C(C)(C)C)C[C@]2(CO[Si](C)(C)C(C)(C)C)O1)/C(N)=C/C(=O)OC(c1ccccc1)c1ccccc1. The molecule has 5 atom stereocenters.